The molecule has 1 heterocycles. The third kappa shape index (κ3) is 4.08. The maximum Gasteiger partial charge on any atom is 0.328 e. The second kappa shape index (κ2) is 6.31. The molecule has 0 aliphatic carbocycles. The first-order valence-electron chi connectivity index (χ1n) is 7.38. The fourth-order valence-corrected chi connectivity index (χ4v) is 2.70. The highest BCUT2D eigenvalue weighted by Gasteiger charge is 2.26. The number of anilines is 1. The summed E-state index contributed by atoms with van der Waals surface area (Å²) >= 11 is 0. The molecule has 114 valence electrons. The Balaban J connectivity index is 2.12. The summed E-state index contributed by atoms with van der Waals surface area (Å²) in [5.41, 5.74) is 2.28. The van der Waals surface area contributed by atoms with Gasteiger partial charge >= 0.3 is 5.97 Å². The molecule has 0 bridgehead atoms. The maximum atomic E-state index is 10.7. The number of nitrogens with zero attached hydrogens (tertiary/aromatic N) is 2. The van der Waals surface area contributed by atoms with E-state index in [9.17, 15) is 4.79 Å². The molecular weight excluding hydrogens is 264 g/mol. The standard InChI is InChI=1S/C17H24N2O2/c1-17(2,3)19-12-10-18(11-13-19)15-7-5-4-6-14(15)8-9-16(20)21/h4-9H,10-13H2,1-3H3,(H,20,21). The monoisotopic (exact) mass is 288 g/mol. The molecule has 21 heavy (non-hydrogen) atoms. The lowest BCUT2D eigenvalue weighted by molar-refractivity contribution is -0.131. The van der Waals surface area contributed by atoms with Crippen LogP contribution in [-0.4, -0.2) is 47.7 Å². The van der Waals surface area contributed by atoms with Gasteiger partial charge in [0.2, 0.25) is 0 Å². The van der Waals surface area contributed by atoms with Crippen molar-refractivity contribution in [3.63, 3.8) is 0 Å². The van der Waals surface area contributed by atoms with Gasteiger partial charge in [-0.3, -0.25) is 4.90 Å². The van der Waals surface area contributed by atoms with E-state index in [0.29, 0.717) is 0 Å². The van der Waals surface area contributed by atoms with Crippen molar-refractivity contribution in [3.8, 4) is 0 Å². The van der Waals surface area contributed by atoms with Crippen LogP contribution in [0.3, 0.4) is 0 Å². The van der Waals surface area contributed by atoms with Crippen LogP contribution < -0.4 is 4.90 Å². The number of piperazine rings is 1. The lowest BCUT2D eigenvalue weighted by Crippen LogP contribution is -2.53. The normalized spacial score (nSPS) is 17.4. The molecule has 4 heteroatoms. The van der Waals surface area contributed by atoms with Crippen LogP contribution >= 0.6 is 0 Å². The van der Waals surface area contributed by atoms with Crippen LogP contribution in [0.15, 0.2) is 30.3 Å². The predicted octanol–water partition coefficient (Wildman–Crippen LogP) is 2.70. The van der Waals surface area contributed by atoms with E-state index in [4.69, 9.17) is 5.11 Å². The van der Waals surface area contributed by atoms with Gasteiger partial charge in [0.25, 0.3) is 0 Å². The number of hydrogen-bond donors (Lipinski definition) is 1. The number of para-hydroxylation sites is 1. The Hall–Kier alpha value is -1.81. The van der Waals surface area contributed by atoms with Crippen LogP contribution in [0.25, 0.3) is 6.08 Å². The molecule has 1 saturated heterocycles. The molecule has 1 aliphatic heterocycles. The van der Waals surface area contributed by atoms with E-state index < -0.39 is 5.97 Å². The van der Waals surface area contributed by atoms with Crippen molar-refractivity contribution in [2.75, 3.05) is 31.1 Å². The first kappa shape index (κ1) is 15.6. The molecule has 0 unspecified atom stereocenters. The van der Waals surface area contributed by atoms with Gasteiger partial charge in [0.15, 0.2) is 0 Å². The summed E-state index contributed by atoms with van der Waals surface area (Å²) < 4.78 is 0. The quantitative estimate of drug-likeness (QED) is 0.869. The number of carbonyl (C=O) groups is 1. The molecule has 2 rings (SSSR count). The molecule has 0 atom stereocenters. The van der Waals surface area contributed by atoms with Crippen molar-refractivity contribution < 1.29 is 9.90 Å². The Morgan fingerprint density at radius 3 is 2.33 bits per heavy atom. The molecule has 0 aromatic heterocycles. The number of carboxylic acid groups (broad SMARTS) is 1. The van der Waals surface area contributed by atoms with Gasteiger partial charge in [0.1, 0.15) is 0 Å². The van der Waals surface area contributed by atoms with Crippen LogP contribution in [0.1, 0.15) is 26.3 Å². The summed E-state index contributed by atoms with van der Waals surface area (Å²) in [6, 6.07) is 7.97. The minimum Gasteiger partial charge on any atom is -0.478 e. The molecule has 0 amide bonds. The Morgan fingerprint density at radius 2 is 1.76 bits per heavy atom. The molecule has 1 aromatic rings. The van der Waals surface area contributed by atoms with Crippen molar-refractivity contribution in [3.05, 3.63) is 35.9 Å². The smallest absolute Gasteiger partial charge is 0.328 e. The number of aliphatic carboxylic acids is 1. The number of rotatable bonds is 3. The minimum absolute atomic E-state index is 0.203. The summed E-state index contributed by atoms with van der Waals surface area (Å²) in [5.74, 6) is -0.914. The zero-order valence-electron chi connectivity index (χ0n) is 13.0. The zero-order valence-corrected chi connectivity index (χ0v) is 13.0. The molecule has 1 aromatic carbocycles. The van der Waals surface area contributed by atoms with Crippen LogP contribution in [0, 0.1) is 0 Å². The van der Waals surface area contributed by atoms with E-state index in [1.165, 1.54) is 6.08 Å². The van der Waals surface area contributed by atoms with Crippen LogP contribution in [0.2, 0.25) is 0 Å². The second-order valence-corrected chi connectivity index (χ2v) is 6.38. The van der Waals surface area contributed by atoms with Crippen LogP contribution in [0.5, 0.6) is 0 Å². The highest BCUT2D eigenvalue weighted by molar-refractivity contribution is 5.87. The van der Waals surface area contributed by atoms with E-state index >= 15 is 0 Å². The van der Waals surface area contributed by atoms with Gasteiger partial charge in [0, 0.05) is 43.5 Å². The maximum absolute atomic E-state index is 10.7. The summed E-state index contributed by atoms with van der Waals surface area (Å²) in [4.78, 5) is 15.5. The molecule has 1 N–H and O–H groups in total. The van der Waals surface area contributed by atoms with Crippen LogP contribution in [0.4, 0.5) is 5.69 Å². The highest BCUT2D eigenvalue weighted by atomic mass is 16.4. The Morgan fingerprint density at radius 1 is 1.14 bits per heavy atom. The van der Waals surface area contributed by atoms with Crippen molar-refractivity contribution in [1.82, 2.24) is 4.90 Å². The summed E-state index contributed by atoms with van der Waals surface area (Å²) in [5, 5.41) is 8.79. The van der Waals surface area contributed by atoms with Gasteiger partial charge in [-0.05, 0) is 38.5 Å². The fourth-order valence-electron chi connectivity index (χ4n) is 2.70. The highest BCUT2D eigenvalue weighted by Crippen LogP contribution is 2.25. The SMILES string of the molecule is CC(C)(C)N1CCN(c2ccccc2C=CC(=O)O)CC1. The zero-order chi connectivity index (χ0) is 15.5. The summed E-state index contributed by atoms with van der Waals surface area (Å²) in [7, 11) is 0. The fraction of sp³-hybridized carbons (Fsp3) is 0.471. The Bertz CT molecular complexity index is 524. The third-order valence-corrected chi connectivity index (χ3v) is 3.91. The van der Waals surface area contributed by atoms with Crippen LogP contribution in [-0.2, 0) is 4.79 Å². The van der Waals surface area contributed by atoms with Gasteiger partial charge in [-0.1, -0.05) is 18.2 Å². The molecule has 1 aliphatic rings. The topological polar surface area (TPSA) is 43.8 Å². The molecule has 4 nitrogen and oxygen atoms in total. The largest absolute Gasteiger partial charge is 0.478 e. The molecule has 0 spiro atoms. The average molecular weight is 288 g/mol. The van der Waals surface area contributed by atoms with E-state index in [1.807, 2.05) is 18.2 Å². The minimum atomic E-state index is -0.914. The van der Waals surface area contributed by atoms with E-state index in [0.717, 1.165) is 37.4 Å². The average Bonchev–Trinajstić information content (AvgIpc) is 2.44. The van der Waals surface area contributed by atoms with Gasteiger partial charge in [-0.25, -0.2) is 4.79 Å². The molecular formula is C17H24N2O2. The number of carboxylic acids is 1. The van der Waals surface area contributed by atoms with Gasteiger partial charge < -0.3 is 10.0 Å². The van der Waals surface area contributed by atoms with E-state index in [1.54, 1.807) is 6.08 Å². The summed E-state index contributed by atoms with van der Waals surface area (Å²) in [6.07, 6.45) is 2.87. The Labute approximate surface area is 126 Å². The van der Waals surface area contributed by atoms with Crippen molar-refractivity contribution in [2.45, 2.75) is 26.3 Å². The lowest BCUT2D eigenvalue weighted by atomic mass is 10.0. The summed E-state index contributed by atoms with van der Waals surface area (Å²) in [6.45, 7) is 10.7. The van der Waals surface area contributed by atoms with Gasteiger partial charge in [-0.15, -0.1) is 0 Å². The second-order valence-electron chi connectivity index (χ2n) is 6.38. The number of hydrogen-bond acceptors (Lipinski definition) is 3. The first-order chi connectivity index (χ1) is 9.88. The van der Waals surface area contributed by atoms with Gasteiger partial charge in [-0.2, -0.15) is 0 Å². The lowest BCUT2D eigenvalue weighted by Gasteiger charge is -2.43. The predicted molar refractivity (Wildman–Crippen MR) is 86.7 cm³/mol. The molecule has 0 radical (unpaired) electrons. The first-order valence-corrected chi connectivity index (χ1v) is 7.38. The van der Waals surface area contributed by atoms with Crippen molar-refractivity contribution in [2.24, 2.45) is 0 Å². The third-order valence-electron chi connectivity index (χ3n) is 3.91. The Kier molecular flexibility index (Phi) is 4.68. The van der Waals surface area contributed by atoms with E-state index in [2.05, 4.69) is 36.6 Å². The molecule has 0 saturated carbocycles. The van der Waals surface area contributed by atoms with Crippen molar-refractivity contribution in [1.29, 1.82) is 0 Å². The van der Waals surface area contributed by atoms with E-state index in [-0.39, 0.29) is 5.54 Å². The van der Waals surface area contributed by atoms with Gasteiger partial charge in [0.05, 0.1) is 0 Å². The molecule has 1 fully saturated rings. The number of benzene rings is 1. The van der Waals surface area contributed by atoms with Crippen molar-refractivity contribution >= 4 is 17.7 Å².